The third-order valence-corrected chi connectivity index (χ3v) is 2.20. The van der Waals surface area contributed by atoms with Crippen LogP contribution in [0.1, 0.15) is 17.4 Å². The van der Waals surface area contributed by atoms with Crippen LogP contribution in [0.25, 0.3) is 0 Å². The molecule has 86 valence electrons. The SMILES string of the molecule is OC(CS)C(O)c1cn[nH]c1C(F)(F)F. The third kappa shape index (κ3) is 2.64. The number of aliphatic hydroxyl groups excluding tert-OH is 2. The smallest absolute Gasteiger partial charge is 0.389 e. The molecule has 1 aromatic rings. The molecule has 0 aromatic carbocycles. The number of H-pyrrole nitrogens is 1. The monoisotopic (exact) mass is 242 g/mol. The van der Waals surface area contributed by atoms with Crippen LogP contribution in [-0.4, -0.2) is 32.3 Å². The van der Waals surface area contributed by atoms with Crippen LogP contribution in [0.4, 0.5) is 13.2 Å². The second-order valence-corrected chi connectivity index (χ2v) is 3.26. The summed E-state index contributed by atoms with van der Waals surface area (Å²) in [6.45, 7) is 0. The summed E-state index contributed by atoms with van der Waals surface area (Å²) in [5.74, 6) is -0.149. The first-order valence-electron chi connectivity index (χ1n) is 3.95. The number of aromatic amines is 1. The topological polar surface area (TPSA) is 69.1 Å². The Kier molecular flexibility index (Phi) is 3.63. The van der Waals surface area contributed by atoms with Gasteiger partial charge in [-0.25, -0.2) is 0 Å². The normalized spacial score (nSPS) is 16.4. The lowest BCUT2D eigenvalue weighted by Gasteiger charge is -2.16. The lowest BCUT2D eigenvalue weighted by atomic mass is 10.1. The van der Waals surface area contributed by atoms with Gasteiger partial charge < -0.3 is 10.2 Å². The maximum Gasteiger partial charge on any atom is 0.433 e. The van der Waals surface area contributed by atoms with Crippen molar-refractivity contribution < 1.29 is 23.4 Å². The van der Waals surface area contributed by atoms with E-state index in [1.54, 1.807) is 5.10 Å². The fourth-order valence-electron chi connectivity index (χ4n) is 1.05. The van der Waals surface area contributed by atoms with Gasteiger partial charge in [-0.15, -0.1) is 0 Å². The zero-order valence-corrected chi connectivity index (χ0v) is 8.26. The van der Waals surface area contributed by atoms with Gasteiger partial charge in [0, 0.05) is 11.3 Å². The van der Waals surface area contributed by atoms with Crippen molar-refractivity contribution in [3.8, 4) is 0 Å². The first-order valence-corrected chi connectivity index (χ1v) is 4.58. The molecular formula is C7H9F3N2O2S. The van der Waals surface area contributed by atoms with E-state index < -0.39 is 29.6 Å². The van der Waals surface area contributed by atoms with Gasteiger partial charge in [0.25, 0.3) is 0 Å². The van der Waals surface area contributed by atoms with E-state index in [2.05, 4.69) is 17.7 Å². The van der Waals surface area contributed by atoms with E-state index in [9.17, 15) is 18.3 Å². The van der Waals surface area contributed by atoms with Gasteiger partial charge in [0.1, 0.15) is 11.8 Å². The number of aromatic nitrogens is 2. The molecule has 8 heteroatoms. The molecule has 0 radical (unpaired) electrons. The first-order chi connectivity index (χ1) is 6.88. The van der Waals surface area contributed by atoms with Crippen molar-refractivity contribution in [2.24, 2.45) is 0 Å². The van der Waals surface area contributed by atoms with Gasteiger partial charge in [-0.2, -0.15) is 30.9 Å². The second kappa shape index (κ2) is 4.42. The summed E-state index contributed by atoms with van der Waals surface area (Å²) >= 11 is 3.67. The summed E-state index contributed by atoms with van der Waals surface area (Å²) in [7, 11) is 0. The molecule has 1 rings (SSSR count). The molecule has 0 aliphatic heterocycles. The van der Waals surface area contributed by atoms with Gasteiger partial charge in [-0.05, 0) is 0 Å². The van der Waals surface area contributed by atoms with Crippen molar-refractivity contribution in [1.82, 2.24) is 10.2 Å². The minimum atomic E-state index is -4.64. The average molecular weight is 242 g/mol. The van der Waals surface area contributed by atoms with E-state index in [-0.39, 0.29) is 5.75 Å². The van der Waals surface area contributed by atoms with Crippen molar-refractivity contribution >= 4 is 12.6 Å². The van der Waals surface area contributed by atoms with Crippen molar-refractivity contribution in [3.63, 3.8) is 0 Å². The summed E-state index contributed by atoms with van der Waals surface area (Å²) in [4.78, 5) is 0. The minimum Gasteiger partial charge on any atom is -0.389 e. The van der Waals surface area contributed by atoms with E-state index >= 15 is 0 Å². The van der Waals surface area contributed by atoms with Crippen LogP contribution in [0.2, 0.25) is 0 Å². The fourth-order valence-corrected chi connectivity index (χ4v) is 1.25. The predicted molar refractivity (Wildman–Crippen MR) is 48.4 cm³/mol. The van der Waals surface area contributed by atoms with Crippen LogP contribution < -0.4 is 0 Å². The second-order valence-electron chi connectivity index (χ2n) is 2.89. The van der Waals surface area contributed by atoms with Gasteiger partial charge in [0.2, 0.25) is 0 Å². The van der Waals surface area contributed by atoms with E-state index in [1.807, 2.05) is 0 Å². The summed E-state index contributed by atoms with van der Waals surface area (Å²) in [5, 5.41) is 23.4. The zero-order chi connectivity index (χ0) is 11.6. The Hall–Kier alpha value is -0.730. The van der Waals surface area contributed by atoms with Crippen LogP contribution in [0.3, 0.4) is 0 Å². The molecule has 0 amide bonds. The third-order valence-electron chi connectivity index (χ3n) is 1.82. The molecule has 0 saturated heterocycles. The Balaban J connectivity index is 3.00. The van der Waals surface area contributed by atoms with Crippen LogP contribution >= 0.6 is 12.6 Å². The van der Waals surface area contributed by atoms with Gasteiger partial charge >= 0.3 is 6.18 Å². The summed E-state index contributed by atoms with van der Waals surface area (Å²) in [6, 6.07) is 0. The number of aliphatic hydroxyl groups is 2. The lowest BCUT2D eigenvalue weighted by molar-refractivity contribution is -0.143. The molecule has 2 atom stereocenters. The van der Waals surface area contributed by atoms with Crippen molar-refractivity contribution in [1.29, 1.82) is 0 Å². The molecule has 0 aliphatic rings. The van der Waals surface area contributed by atoms with Gasteiger partial charge in [0.15, 0.2) is 0 Å². The zero-order valence-electron chi connectivity index (χ0n) is 7.36. The lowest BCUT2D eigenvalue weighted by Crippen LogP contribution is -2.22. The first kappa shape index (κ1) is 12.3. The highest BCUT2D eigenvalue weighted by Crippen LogP contribution is 2.33. The van der Waals surface area contributed by atoms with Gasteiger partial charge in [-0.3, -0.25) is 5.10 Å². The Morgan fingerprint density at radius 3 is 2.53 bits per heavy atom. The molecule has 4 nitrogen and oxygen atoms in total. The maximum atomic E-state index is 12.3. The van der Waals surface area contributed by atoms with Gasteiger partial charge in [0.05, 0.1) is 12.3 Å². The Bertz CT molecular complexity index is 328. The number of nitrogens with one attached hydrogen (secondary N) is 1. The van der Waals surface area contributed by atoms with Crippen molar-refractivity contribution in [3.05, 3.63) is 17.5 Å². The van der Waals surface area contributed by atoms with Crippen molar-refractivity contribution in [2.45, 2.75) is 18.4 Å². The molecule has 0 saturated carbocycles. The highest BCUT2D eigenvalue weighted by molar-refractivity contribution is 7.80. The van der Waals surface area contributed by atoms with E-state index in [4.69, 9.17) is 5.11 Å². The van der Waals surface area contributed by atoms with Crippen LogP contribution in [0.15, 0.2) is 6.20 Å². The molecule has 3 N–H and O–H groups in total. The average Bonchev–Trinajstić information content (AvgIpc) is 2.63. The van der Waals surface area contributed by atoms with Crippen LogP contribution in [0.5, 0.6) is 0 Å². The molecule has 15 heavy (non-hydrogen) atoms. The maximum absolute atomic E-state index is 12.3. The molecule has 1 aromatic heterocycles. The quantitative estimate of drug-likeness (QED) is 0.591. The predicted octanol–water partition coefficient (Wildman–Crippen LogP) is 0.753. The largest absolute Gasteiger partial charge is 0.433 e. The van der Waals surface area contributed by atoms with Crippen LogP contribution in [0, 0.1) is 0 Å². The fraction of sp³-hybridized carbons (Fsp3) is 0.571. The number of rotatable bonds is 3. The minimum absolute atomic E-state index is 0.149. The van der Waals surface area contributed by atoms with Crippen LogP contribution in [-0.2, 0) is 6.18 Å². The number of alkyl halides is 3. The van der Waals surface area contributed by atoms with Gasteiger partial charge in [-0.1, -0.05) is 0 Å². The summed E-state index contributed by atoms with van der Waals surface area (Å²) in [6.07, 6.45) is -6.83. The summed E-state index contributed by atoms with van der Waals surface area (Å²) in [5.41, 5.74) is -1.64. The number of hydrogen-bond donors (Lipinski definition) is 4. The molecular weight excluding hydrogens is 233 g/mol. The molecule has 0 spiro atoms. The summed E-state index contributed by atoms with van der Waals surface area (Å²) < 4.78 is 37.0. The van der Waals surface area contributed by atoms with E-state index in [0.717, 1.165) is 6.20 Å². The number of halogens is 3. The molecule has 2 unspecified atom stereocenters. The van der Waals surface area contributed by atoms with Crippen molar-refractivity contribution in [2.75, 3.05) is 5.75 Å². The Labute approximate surface area is 88.5 Å². The van der Waals surface area contributed by atoms with E-state index in [1.165, 1.54) is 0 Å². The molecule has 0 fully saturated rings. The highest BCUT2D eigenvalue weighted by Gasteiger charge is 2.38. The molecule has 1 heterocycles. The van der Waals surface area contributed by atoms with E-state index in [0.29, 0.717) is 0 Å². The molecule has 0 aliphatic carbocycles. The molecule has 0 bridgehead atoms. The highest BCUT2D eigenvalue weighted by atomic mass is 32.1. The standard InChI is InChI=1S/C7H9F3N2O2S/c8-7(9,10)6-3(1-11-12-6)5(14)4(13)2-15/h1,4-5,13-15H,2H2,(H,11,12). The number of thiol groups is 1. The number of hydrogen-bond acceptors (Lipinski definition) is 4. The number of nitrogens with zero attached hydrogens (tertiary/aromatic N) is 1. The Morgan fingerprint density at radius 1 is 1.47 bits per heavy atom. The Morgan fingerprint density at radius 2 is 2.07 bits per heavy atom.